The van der Waals surface area contributed by atoms with Gasteiger partial charge in [-0.05, 0) is 46.7 Å². The summed E-state index contributed by atoms with van der Waals surface area (Å²) in [6.45, 7) is 10.8. The van der Waals surface area contributed by atoms with Crippen molar-refractivity contribution in [3.8, 4) is 0 Å². The number of benzene rings is 2. The smallest absolute Gasteiger partial charge is 0.244 e. The van der Waals surface area contributed by atoms with E-state index in [0.717, 1.165) is 9.87 Å². The fourth-order valence-corrected chi connectivity index (χ4v) is 7.16. The molecule has 35 heavy (non-hydrogen) atoms. The molecule has 11 heteroatoms. The van der Waals surface area contributed by atoms with E-state index >= 15 is 0 Å². The Morgan fingerprint density at radius 2 is 1.49 bits per heavy atom. The van der Waals surface area contributed by atoms with Crippen LogP contribution >= 0.6 is 0 Å². The van der Waals surface area contributed by atoms with Gasteiger partial charge in [0.15, 0.2) is 0 Å². The Kier molecular flexibility index (Phi) is 9.13. The summed E-state index contributed by atoms with van der Waals surface area (Å²) in [5.74, 6) is -0.111. The summed E-state index contributed by atoms with van der Waals surface area (Å²) in [7, 11) is -8.50. The maximum Gasteiger partial charge on any atom is 0.244 e. The molecule has 0 aromatic heterocycles. The Bertz CT molecular complexity index is 1280. The summed E-state index contributed by atoms with van der Waals surface area (Å²) in [4.78, 5) is 1.94. The van der Waals surface area contributed by atoms with Gasteiger partial charge < -0.3 is 5.11 Å². The highest BCUT2D eigenvalue weighted by Crippen LogP contribution is 2.31. The molecule has 0 saturated carbocycles. The lowest BCUT2D eigenvalue weighted by Crippen LogP contribution is -2.43. The van der Waals surface area contributed by atoms with Crippen molar-refractivity contribution < 1.29 is 21.9 Å². The fourth-order valence-electron chi connectivity index (χ4n) is 3.48. The van der Waals surface area contributed by atoms with Gasteiger partial charge in [0.2, 0.25) is 19.9 Å². The molecule has 2 aromatic carbocycles. The van der Waals surface area contributed by atoms with E-state index in [-0.39, 0.29) is 39.1 Å². The van der Waals surface area contributed by atoms with Gasteiger partial charge in [0.25, 0.3) is 0 Å². The van der Waals surface area contributed by atoms with Gasteiger partial charge in [-0.25, -0.2) is 16.8 Å². The molecule has 1 N–H and O–H groups in total. The van der Waals surface area contributed by atoms with E-state index in [4.69, 9.17) is 5.53 Å². The molecular weight excluding hydrogens is 488 g/mol. The van der Waals surface area contributed by atoms with Crippen molar-refractivity contribution in [3.05, 3.63) is 64.5 Å². The summed E-state index contributed by atoms with van der Waals surface area (Å²) in [6, 6.07) is 11.0. The second-order valence-electron chi connectivity index (χ2n) is 9.95. The lowest BCUT2D eigenvalue weighted by atomic mass is 9.87. The summed E-state index contributed by atoms with van der Waals surface area (Å²) in [5.41, 5.74) is 9.42. The van der Waals surface area contributed by atoms with Crippen molar-refractivity contribution in [1.29, 1.82) is 0 Å². The third-order valence-corrected chi connectivity index (χ3v) is 9.38. The highest BCUT2D eigenvalue weighted by molar-refractivity contribution is 7.93. The third kappa shape index (κ3) is 6.83. The SMILES string of the molecule is CC(C)CN(CC(O)[C@H](C)N=[N+]=[N-])S(=O)(=O)c1ccccc1S(=O)(=O)c1ccc(C(C)(C)C)cc1. The molecule has 192 valence electrons. The first-order valence-electron chi connectivity index (χ1n) is 11.3. The van der Waals surface area contributed by atoms with Crippen LogP contribution in [0, 0.1) is 5.92 Å². The minimum Gasteiger partial charge on any atom is -0.391 e. The van der Waals surface area contributed by atoms with Crippen LogP contribution in [0.2, 0.25) is 0 Å². The lowest BCUT2D eigenvalue weighted by Gasteiger charge is -2.28. The second-order valence-corrected chi connectivity index (χ2v) is 13.8. The first-order chi connectivity index (χ1) is 16.1. The first-order valence-corrected chi connectivity index (χ1v) is 14.2. The van der Waals surface area contributed by atoms with E-state index in [9.17, 15) is 21.9 Å². The van der Waals surface area contributed by atoms with Gasteiger partial charge in [-0.2, -0.15) is 4.31 Å². The molecule has 0 saturated heterocycles. The molecule has 0 aliphatic carbocycles. The molecule has 0 fully saturated rings. The number of aliphatic hydroxyl groups excluding tert-OH is 1. The van der Waals surface area contributed by atoms with Crippen molar-refractivity contribution in [2.75, 3.05) is 13.1 Å². The minimum absolute atomic E-state index is 0.0134. The predicted molar refractivity (Wildman–Crippen MR) is 135 cm³/mol. The Morgan fingerprint density at radius 3 is 1.97 bits per heavy atom. The highest BCUT2D eigenvalue weighted by atomic mass is 32.2. The maximum absolute atomic E-state index is 13.7. The normalized spacial score (nSPS) is 14.5. The molecule has 1 unspecified atom stereocenters. The van der Waals surface area contributed by atoms with Gasteiger partial charge in [-0.15, -0.1) is 0 Å². The molecule has 2 rings (SSSR count). The number of sulfone groups is 1. The van der Waals surface area contributed by atoms with Crippen LogP contribution in [0.25, 0.3) is 10.4 Å². The maximum atomic E-state index is 13.7. The number of hydrogen-bond donors (Lipinski definition) is 1. The summed E-state index contributed by atoms with van der Waals surface area (Å²) in [6.07, 6.45) is -1.27. The molecule has 0 aliphatic heterocycles. The van der Waals surface area contributed by atoms with Gasteiger partial charge >= 0.3 is 0 Å². The average Bonchev–Trinajstić information content (AvgIpc) is 2.78. The van der Waals surface area contributed by atoms with Crippen molar-refractivity contribution in [1.82, 2.24) is 4.31 Å². The van der Waals surface area contributed by atoms with Crippen LogP contribution in [0.15, 0.2) is 68.3 Å². The topological polar surface area (TPSA) is 141 Å². The molecular formula is C24H34N4O5S2. The monoisotopic (exact) mass is 522 g/mol. The number of azide groups is 1. The Morgan fingerprint density at radius 1 is 0.943 bits per heavy atom. The van der Waals surface area contributed by atoms with Crippen LogP contribution in [-0.2, 0) is 25.3 Å². The van der Waals surface area contributed by atoms with E-state index in [1.54, 1.807) is 12.1 Å². The number of nitrogens with zero attached hydrogens (tertiary/aromatic N) is 4. The molecule has 0 amide bonds. The number of sulfonamides is 1. The highest BCUT2D eigenvalue weighted by Gasteiger charge is 2.34. The van der Waals surface area contributed by atoms with Crippen LogP contribution in [-0.4, -0.2) is 51.5 Å². The molecule has 2 atom stereocenters. The zero-order valence-corrected chi connectivity index (χ0v) is 22.6. The standard InChI is InChI=1S/C24H34N4O5S2/c1-17(2)15-28(16-21(29)18(3)26-27-25)35(32,33)23-10-8-7-9-22(23)34(30,31)20-13-11-19(12-14-20)24(4,5)6/h7-14,17-18,21,29H,15-16H2,1-6H3/t18-,21?/m0/s1. The fraction of sp³-hybridized carbons (Fsp3) is 0.500. The average molecular weight is 523 g/mol. The summed E-state index contributed by atoms with van der Waals surface area (Å²) < 4.78 is 55.5. The van der Waals surface area contributed by atoms with Gasteiger partial charge in [-0.3, -0.25) is 0 Å². The molecule has 9 nitrogen and oxygen atoms in total. The van der Waals surface area contributed by atoms with Gasteiger partial charge in [0.05, 0.1) is 21.9 Å². The molecule has 0 radical (unpaired) electrons. The van der Waals surface area contributed by atoms with Crippen LogP contribution in [0.1, 0.15) is 47.1 Å². The van der Waals surface area contributed by atoms with Crippen molar-refractivity contribution >= 4 is 19.9 Å². The van der Waals surface area contributed by atoms with E-state index in [2.05, 4.69) is 10.0 Å². The van der Waals surface area contributed by atoms with Crippen molar-refractivity contribution in [2.45, 2.75) is 73.8 Å². The Balaban J connectivity index is 2.58. The number of hydrogen-bond acceptors (Lipinski definition) is 6. The van der Waals surface area contributed by atoms with Crippen molar-refractivity contribution in [3.63, 3.8) is 0 Å². The predicted octanol–water partition coefficient (Wildman–Crippen LogP) is 4.52. The Hall–Kier alpha value is -2.43. The Labute approximate surface area is 208 Å². The molecule has 2 aromatic rings. The first kappa shape index (κ1) is 28.8. The van der Waals surface area contributed by atoms with Gasteiger partial charge in [0, 0.05) is 18.0 Å². The van der Waals surface area contributed by atoms with E-state index in [0.29, 0.717) is 0 Å². The number of aliphatic hydroxyl groups is 1. The molecule has 0 spiro atoms. The van der Waals surface area contributed by atoms with Crippen LogP contribution in [0.3, 0.4) is 0 Å². The summed E-state index contributed by atoms with van der Waals surface area (Å²) in [5, 5.41) is 13.9. The van der Waals surface area contributed by atoms with Crippen LogP contribution in [0.4, 0.5) is 0 Å². The largest absolute Gasteiger partial charge is 0.391 e. The molecule has 0 heterocycles. The minimum atomic E-state index is -4.33. The number of rotatable bonds is 10. The zero-order chi connectivity index (χ0) is 26.6. The van der Waals surface area contributed by atoms with Crippen LogP contribution in [0.5, 0.6) is 0 Å². The van der Waals surface area contributed by atoms with Crippen LogP contribution < -0.4 is 0 Å². The summed E-state index contributed by atoms with van der Waals surface area (Å²) >= 11 is 0. The lowest BCUT2D eigenvalue weighted by molar-refractivity contribution is 0.122. The van der Waals surface area contributed by atoms with E-state index < -0.39 is 32.0 Å². The quantitative estimate of drug-likeness (QED) is 0.277. The van der Waals surface area contributed by atoms with E-state index in [1.807, 2.05) is 34.6 Å². The van der Waals surface area contributed by atoms with Crippen molar-refractivity contribution in [2.24, 2.45) is 11.0 Å². The molecule has 0 aliphatic rings. The zero-order valence-electron chi connectivity index (χ0n) is 21.0. The molecule has 0 bridgehead atoms. The van der Waals surface area contributed by atoms with Gasteiger partial charge in [-0.1, -0.05) is 70.9 Å². The van der Waals surface area contributed by atoms with E-state index in [1.165, 1.54) is 43.3 Å². The third-order valence-electron chi connectivity index (χ3n) is 5.54. The second kappa shape index (κ2) is 11.1. The van der Waals surface area contributed by atoms with Gasteiger partial charge in [0.1, 0.15) is 4.90 Å².